The molecule has 2 N–H and O–H groups in total. The van der Waals surface area contributed by atoms with E-state index in [1.165, 1.54) is 23.5 Å². The fraction of sp³-hybridized carbons (Fsp3) is 0.500. The minimum Gasteiger partial charge on any atom is -0.357 e. The van der Waals surface area contributed by atoms with Crippen LogP contribution in [0.3, 0.4) is 0 Å². The monoisotopic (exact) mass is 505 g/mol. The molecule has 0 fully saturated rings. The molecule has 5 nitrogen and oxygen atoms in total. The topological polar surface area (TPSA) is 54.2 Å². The molecule has 0 aliphatic rings. The first kappa shape index (κ1) is 24.3. The normalized spacial score (nSPS) is 12.0. The molecule has 0 atom stereocenters. The Bertz CT molecular complexity index is 741. The Kier molecular flexibility index (Phi) is 9.84. The summed E-state index contributed by atoms with van der Waals surface area (Å²) in [5.41, 5.74) is 2.44. The number of benzene rings is 1. The lowest BCUT2D eigenvalue weighted by Gasteiger charge is -2.27. The van der Waals surface area contributed by atoms with Gasteiger partial charge in [-0.15, -0.1) is 24.0 Å². The van der Waals surface area contributed by atoms with Gasteiger partial charge in [0, 0.05) is 30.9 Å². The summed E-state index contributed by atoms with van der Waals surface area (Å²) in [6.45, 7) is 7.24. The first-order valence-electron chi connectivity index (χ1n) is 9.28. The van der Waals surface area contributed by atoms with Crippen molar-refractivity contribution in [1.29, 1.82) is 0 Å². The molecule has 0 aliphatic heterocycles. The zero-order valence-corrected chi connectivity index (χ0v) is 19.2. The lowest BCUT2D eigenvalue weighted by molar-refractivity contribution is 0.0671. The van der Waals surface area contributed by atoms with Gasteiger partial charge in [0.2, 0.25) is 0 Å². The van der Waals surface area contributed by atoms with E-state index in [0.29, 0.717) is 19.0 Å². The van der Waals surface area contributed by atoms with Crippen molar-refractivity contribution in [2.45, 2.75) is 52.6 Å². The van der Waals surface area contributed by atoms with E-state index in [1.54, 1.807) is 0 Å². The minimum absolute atomic E-state index is 0. The van der Waals surface area contributed by atoms with Crippen molar-refractivity contribution in [1.82, 2.24) is 20.2 Å². The average Bonchev–Trinajstić information content (AvgIpc) is 3.13. The van der Waals surface area contributed by atoms with Crippen LogP contribution in [0.2, 0.25) is 0 Å². The van der Waals surface area contributed by atoms with Crippen LogP contribution < -0.4 is 10.6 Å². The number of aryl methyl sites for hydroxylation is 1. The van der Waals surface area contributed by atoms with Crippen LogP contribution in [0.15, 0.2) is 41.7 Å². The second-order valence-electron chi connectivity index (χ2n) is 7.01. The predicted molar refractivity (Wildman–Crippen MR) is 121 cm³/mol. The average molecular weight is 505 g/mol. The van der Waals surface area contributed by atoms with Gasteiger partial charge < -0.3 is 10.6 Å². The van der Waals surface area contributed by atoms with Gasteiger partial charge in [-0.05, 0) is 24.5 Å². The molecule has 0 bridgehead atoms. The number of aromatic nitrogens is 2. The van der Waals surface area contributed by atoms with Crippen LogP contribution in [0, 0.1) is 0 Å². The van der Waals surface area contributed by atoms with Crippen molar-refractivity contribution in [2.75, 3.05) is 13.1 Å². The van der Waals surface area contributed by atoms with E-state index in [4.69, 9.17) is 0 Å². The number of alkyl halides is 2. The number of nitrogens with zero attached hydrogens (tertiary/aromatic N) is 3. The molecule has 1 heterocycles. The molecule has 0 radical (unpaired) electrons. The van der Waals surface area contributed by atoms with Crippen molar-refractivity contribution in [2.24, 2.45) is 4.99 Å². The Morgan fingerprint density at radius 1 is 1.18 bits per heavy atom. The van der Waals surface area contributed by atoms with E-state index in [-0.39, 0.29) is 41.8 Å². The zero-order valence-electron chi connectivity index (χ0n) is 16.9. The van der Waals surface area contributed by atoms with E-state index in [1.807, 2.05) is 6.92 Å². The molecule has 28 heavy (non-hydrogen) atoms. The highest BCUT2D eigenvalue weighted by Gasteiger charge is 2.21. The smallest absolute Gasteiger partial charge is 0.319 e. The fourth-order valence-corrected chi connectivity index (χ4v) is 2.73. The molecule has 156 valence electrons. The third-order valence-corrected chi connectivity index (χ3v) is 4.52. The standard InChI is InChI=1S/C20H29F2N5.HI/c1-5-15-7-9-16(10-8-15)20(3,4)14-26-19(23-6-2)25-13-17-24-11-12-27(17)18(21)22;/h7-12,18H,5-6,13-14H2,1-4H3,(H2,23,25,26);1H. The van der Waals surface area contributed by atoms with Gasteiger partial charge in [-0.25, -0.2) is 9.98 Å². The molecule has 0 saturated heterocycles. The van der Waals surface area contributed by atoms with E-state index in [9.17, 15) is 8.78 Å². The van der Waals surface area contributed by atoms with E-state index in [0.717, 1.165) is 11.0 Å². The van der Waals surface area contributed by atoms with Crippen molar-refractivity contribution in [3.63, 3.8) is 0 Å². The van der Waals surface area contributed by atoms with Crippen molar-refractivity contribution in [3.05, 3.63) is 53.6 Å². The SMILES string of the molecule is CCNC(=NCc1nccn1C(F)F)NCC(C)(C)c1ccc(CC)cc1.I. The third kappa shape index (κ3) is 6.72. The molecule has 8 heteroatoms. The fourth-order valence-electron chi connectivity index (χ4n) is 2.73. The summed E-state index contributed by atoms with van der Waals surface area (Å²) >= 11 is 0. The molecule has 1 aromatic heterocycles. The Hall–Kier alpha value is -1.71. The summed E-state index contributed by atoms with van der Waals surface area (Å²) in [5, 5.41) is 6.46. The third-order valence-electron chi connectivity index (χ3n) is 4.52. The zero-order chi connectivity index (χ0) is 19.9. The lowest BCUT2D eigenvalue weighted by Crippen LogP contribution is -2.43. The molecule has 2 aromatic rings. The number of guanidine groups is 1. The molecular formula is C20H30F2IN5. The Morgan fingerprint density at radius 3 is 2.43 bits per heavy atom. The van der Waals surface area contributed by atoms with Crippen LogP contribution in [-0.4, -0.2) is 28.6 Å². The van der Waals surface area contributed by atoms with Crippen LogP contribution in [0.25, 0.3) is 0 Å². The summed E-state index contributed by atoms with van der Waals surface area (Å²) in [6, 6.07) is 8.62. The molecule has 0 unspecified atom stereocenters. The number of rotatable bonds is 8. The van der Waals surface area contributed by atoms with Gasteiger partial charge in [0.15, 0.2) is 5.96 Å². The number of nitrogens with one attached hydrogen (secondary N) is 2. The molecule has 0 saturated carbocycles. The number of hydrogen-bond acceptors (Lipinski definition) is 2. The highest BCUT2D eigenvalue weighted by atomic mass is 127. The van der Waals surface area contributed by atoms with Crippen molar-refractivity contribution < 1.29 is 8.78 Å². The van der Waals surface area contributed by atoms with Crippen molar-refractivity contribution >= 4 is 29.9 Å². The van der Waals surface area contributed by atoms with Crippen LogP contribution in [0.5, 0.6) is 0 Å². The van der Waals surface area contributed by atoms with E-state index in [2.05, 4.69) is 65.6 Å². The van der Waals surface area contributed by atoms with Gasteiger partial charge in [-0.3, -0.25) is 4.57 Å². The van der Waals surface area contributed by atoms with E-state index >= 15 is 0 Å². The molecule has 0 amide bonds. The maximum absolute atomic E-state index is 12.9. The van der Waals surface area contributed by atoms with Crippen LogP contribution in [0.4, 0.5) is 8.78 Å². The first-order chi connectivity index (χ1) is 12.9. The highest BCUT2D eigenvalue weighted by Crippen LogP contribution is 2.22. The summed E-state index contributed by atoms with van der Waals surface area (Å²) in [5.74, 6) is 0.816. The first-order valence-corrected chi connectivity index (χ1v) is 9.28. The van der Waals surface area contributed by atoms with Crippen LogP contribution in [0.1, 0.15) is 51.2 Å². The van der Waals surface area contributed by atoms with Gasteiger partial charge in [0.05, 0.1) is 0 Å². The van der Waals surface area contributed by atoms with Gasteiger partial charge in [0.25, 0.3) is 0 Å². The van der Waals surface area contributed by atoms with Gasteiger partial charge in [0.1, 0.15) is 12.4 Å². The summed E-state index contributed by atoms with van der Waals surface area (Å²) in [4.78, 5) is 8.36. The largest absolute Gasteiger partial charge is 0.357 e. The number of hydrogen-bond donors (Lipinski definition) is 2. The second-order valence-corrected chi connectivity index (χ2v) is 7.01. The second kappa shape index (κ2) is 11.3. The molecule has 1 aromatic carbocycles. The van der Waals surface area contributed by atoms with Gasteiger partial charge >= 0.3 is 6.55 Å². The molecule has 0 aliphatic carbocycles. The maximum atomic E-state index is 12.9. The van der Waals surface area contributed by atoms with Crippen molar-refractivity contribution in [3.8, 4) is 0 Å². The Morgan fingerprint density at radius 2 is 1.86 bits per heavy atom. The van der Waals surface area contributed by atoms with E-state index < -0.39 is 6.55 Å². The predicted octanol–water partition coefficient (Wildman–Crippen LogP) is 4.49. The minimum atomic E-state index is -2.61. The summed E-state index contributed by atoms with van der Waals surface area (Å²) < 4.78 is 26.7. The maximum Gasteiger partial charge on any atom is 0.319 e. The van der Waals surface area contributed by atoms with Crippen LogP contribution in [-0.2, 0) is 18.4 Å². The number of imidazole rings is 1. The molecule has 2 rings (SSSR count). The van der Waals surface area contributed by atoms with Crippen LogP contribution >= 0.6 is 24.0 Å². The number of aliphatic imine (C=N–C) groups is 1. The Labute approximate surface area is 183 Å². The molecular weight excluding hydrogens is 475 g/mol. The molecule has 0 spiro atoms. The lowest BCUT2D eigenvalue weighted by atomic mass is 9.84. The number of halogens is 3. The quantitative estimate of drug-likeness (QED) is 0.316. The summed E-state index contributed by atoms with van der Waals surface area (Å²) in [7, 11) is 0. The summed E-state index contributed by atoms with van der Waals surface area (Å²) in [6.07, 6.45) is 3.64. The van der Waals surface area contributed by atoms with Gasteiger partial charge in [-0.2, -0.15) is 8.78 Å². The highest BCUT2D eigenvalue weighted by molar-refractivity contribution is 14.0. The Balaban J connectivity index is 0.00000392. The van der Waals surface area contributed by atoms with Gasteiger partial charge in [-0.1, -0.05) is 45.0 Å².